The van der Waals surface area contributed by atoms with Crippen LogP contribution >= 0.6 is 0 Å². The minimum Gasteiger partial charge on any atom is -0.478 e. The van der Waals surface area contributed by atoms with E-state index in [-0.39, 0.29) is 59.5 Å². The van der Waals surface area contributed by atoms with E-state index in [0.717, 1.165) is 51.6 Å². The largest absolute Gasteiger partial charge is 0.478 e. The number of amides is 4. The van der Waals surface area contributed by atoms with Gasteiger partial charge in [-0.05, 0) is 111 Å². The standard InChI is InChI=1S/C47H63N7O7/c1-44(2)35-36(44)41(57)53-28-47(29-53)27-52(40(56)32-22-49-54(24-32)23-31-6-3-4-7-33(31)43(59)60)25-34(47)39(55)50-37(38(35)61-26-30-8-12-45(13-9-30)10-5-11-45)42(58)51-20-16-46(17-21-51)14-18-48-19-15-46/h3-4,6-7,22,24,30,34-38,48H,5,8-21,23,25-29H2,1-2H3,(H,50,55)(H,59,60)/t34-,35?,36+,37-,38+/m0/s1. The fourth-order valence-corrected chi connectivity index (χ4v) is 13.1. The monoisotopic (exact) mass is 837 g/mol. The van der Waals surface area contributed by atoms with Crippen molar-refractivity contribution >= 4 is 29.6 Å². The molecule has 3 aliphatic carbocycles. The molecule has 5 atom stereocenters. The van der Waals surface area contributed by atoms with Crippen molar-refractivity contribution in [1.82, 2.24) is 35.1 Å². The van der Waals surface area contributed by atoms with Gasteiger partial charge >= 0.3 is 5.97 Å². The smallest absolute Gasteiger partial charge is 0.336 e. The van der Waals surface area contributed by atoms with E-state index < -0.39 is 34.9 Å². The molecule has 9 fully saturated rings. The highest BCUT2D eigenvalue weighted by Crippen LogP contribution is 2.63. The highest BCUT2D eigenvalue weighted by molar-refractivity contribution is 5.96. The van der Waals surface area contributed by atoms with Crippen molar-refractivity contribution in [1.29, 1.82) is 0 Å². The molecule has 4 amide bonds. The van der Waals surface area contributed by atoms with E-state index in [9.17, 15) is 24.3 Å². The van der Waals surface area contributed by atoms with E-state index in [1.165, 1.54) is 38.3 Å². The van der Waals surface area contributed by atoms with Gasteiger partial charge in [-0.25, -0.2) is 4.79 Å². The van der Waals surface area contributed by atoms with Crippen molar-refractivity contribution in [2.75, 3.05) is 59.0 Å². The van der Waals surface area contributed by atoms with Gasteiger partial charge in [-0.3, -0.25) is 23.9 Å². The summed E-state index contributed by atoms with van der Waals surface area (Å²) in [5.41, 5.74) is 0.766. The molecule has 14 heteroatoms. The third-order valence-corrected chi connectivity index (χ3v) is 17.4. The van der Waals surface area contributed by atoms with Gasteiger partial charge in [0.2, 0.25) is 17.7 Å². The number of fused-ring (bicyclic) bond motifs is 3. The third kappa shape index (κ3) is 7.17. The predicted molar refractivity (Wildman–Crippen MR) is 224 cm³/mol. The Balaban J connectivity index is 0.914. The van der Waals surface area contributed by atoms with Gasteiger partial charge in [0.05, 0.1) is 35.9 Å². The second-order valence-electron chi connectivity index (χ2n) is 21.2. The average molecular weight is 838 g/mol. The topological polar surface area (TPSA) is 166 Å². The summed E-state index contributed by atoms with van der Waals surface area (Å²) >= 11 is 0. The Morgan fingerprint density at radius 1 is 0.902 bits per heavy atom. The van der Waals surface area contributed by atoms with Crippen LogP contribution in [0.2, 0.25) is 0 Å². The number of carbonyl (C=O) groups is 5. The van der Waals surface area contributed by atoms with Gasteiger partial charge in [0, 0.05) is 69.3 Å². The number of carboxylic acid groups (broad SMARTS) is 1. The maximum Gasteiger partial charge on any atom is 0.336 e. The van der Waals surface area contributed by atoms with E-state index >= 15 is 4.79 Å². The van der Waals surface area contributed by atoms with E-state index in [0.29, 0.717) is 61.8 Å². The van der Waals surface area contributed by atoms with Crippen molar-refractivity contribution in [2.45, 2.75) is 103 Å². The zero-order chi connectivity index (χ0) is 42.3. The zero-order valence-electron chi connectivity index (χ0n) is 35.9. The lowest BCUT2D eigenvalue weighted by atomic mass is 9.59. The third-order valence-electron chi connectivity index (χ3n) is 17.4. The minimum atomic E-state index is -1.03. The minimum absolute atomic E-state index is 0.0524. The molecule has 328 valence electrons. The van der Waals surface area contributed by atoms with Crippen LogP contribution in [-0.2, 0) is 25.7 Å². The fraction of sp³-hybridized carbons (Fsp3) is 0.702. The number of aromatic carboxylic acids is 1. The number of benzene rings is 1. The molecule has 14 nitrogen and oxygen atoms in total. The Morgan fingerprint density at radius 2 is 1.61 bits per heavy atom. The highest BCUT2D eigenvalue weighted by atomic mass is 16.5. The first-order chi connectivity index (χ1) is 29.3. The summed E-state index contributed by atoms with van der Waals surface area (Å²) in [7, 11) is 0. The van der Waals surface area contributed by atoms with Crippen LogP contribution in [0.25, 0.3) is 0 Å². The van der Waals surface area contributed by atoms with E-state index in [2.05, 4.69) is 29.6 Å². The maximum absolute atomic E-state index is 15.1. The molecule has 61 heavy (non-hydrogen) atoms. The Hall–Kier alpha value is -4.30. The molecule has 1 aromatic carbocycles. The lowest BCUT2D eigenvalue weighted by Crippen LogP contribution is -2.65. The summed E-state index contributed by atoms with van der Waals surface area (Å²) in [5.74, 6) is -2.44. The van der Waals surface area contributed by atoms with Crippen LogP contribution in [0.4, 0.5) is 0 Å². The Labute approximate surface area is 358 Å². The van der Waals surface area contributed by atoms with Crippen LogP contribution in [0.15, 0.2) is 36.7 Å². The molecule has 3 spiro atoms. The molecule has 3 N–H and O–H groups in total. The molecule has 3 saturated carbocycles. The molecular formula is C47H63N7O7. The fourth-order valence-electron chi connectivity index (χ4n) is 13.1. The number of aromatic nitrogens is 2. The summed E-state index contributed by atoms with van der Waals surface area (Å²) in [6.07, 6.45) is 15.2. The molecule has 1 unspecified atom stereocenters. The van der Waals surface area contributed by atoms with Crippen LogP contribution in [0, 0.1) is 45.3 Å². The first-order valence-corrected chi connectivity index (χ1v) is 23.1. The van der Waals surface area contributed by atoms with Crippen LogP contribution in [0.3, 0.4) is 0 Å². The zero-order valence-corrected chi connectivity index (χ0v) is 35.9. The number of ether oxygens (including phenoxy) is 1. The maximum atomic E-state index is 15.1. The summed E-state index contributed by atoms with van der Waals surface area (Å²) in [4.78, 5) is 76.2. The second-order valence-corrected chi connectivity index (χ2v) is 21.2. The van der Waals surface area contributed by atoms with Crippen molar-refractivity contribution < 1.29 is 33.8 Å². The molecule has 6 saturated heterocycles. The second kappa shape index (κ2) is 15.2. The lowest BCUT2D eigenvalue weighted by Gasteiger charge is -2.50. The number of carbonyl (C=O) groups excluding carboxylic acids is 4. The number of piperidine rings is 2. The molecule has 7 heterocycles. The van der Waals surface area contributed by atoms with Crippen molar-refractivity contribution in [3.8, 4) is 0 Å². The molecule has 6 aliphatic heterocycles. The molecule has 2 bridgehead atoms. The van der Waals surface area contributed by atoms with Crippen LogP contribution in [0.5, 0.6) is 0 Å². The SMILES string of the molecule is CC1(C)C2[C@@H](OCC3CCC4(CCC4)CC3)[C@@H](C(=O)N3CCC4(CCNCC4)CC3)NC(=O)[C@@H]3CN(C(=O)c4cnn(Cc5ccccc5C(=O)O)c4)CC34CN(C4)C(=O)[C@@H]21. The molecule has 1 aromatic heterocycles. The van der Waals surface area contributed by atoms with Gasteiger partial charge in [0.15, 0.2) is 0 Å². The Kier molecular flexibility index (Phi) is 10.2. The highest BCUT2D eigenvalue weighted by Gasteiger charge is 2.71. The normalized spacial score (nSPS) is 31.0. The van der Waals surface area contributed by atoms with Crippen LogP contribution < -0.4 is 10.6 Å². The molecular weight excluding hydrogens is 775 g/mol. The van der Waals surface area contributed by atoms with E-state index in [4.69, 9.17) is 4.74 Å². The van der Waals surface area contributed by atoms with Crippen molar-refractivity contribution in [3.63, 3.8) is 0 Å². The van der Waals surface area contributed by atoms with Gasteiger partial charge in [-0.2, -0.15) is 5.10 Å². The first kappa shape index (κ1) is 40.8. The quantitative estimate of drug-likeness (QED) is 0.356. The van der Waals surface area contributed by atoms with E-state index in [1.807, 2.05) is 9.80 Å². The number of rotatable bonds is 8. The van der Waals surface area contributed by atoms with Gasteiger partial charge in [0.25, 0.3) is 5.91 Å². The number of likely N-dealkylation sites (tertiary alicyclic amines) is 2. The molecule has 2 aromatic rings. The lowest BCUT2D eigenvalue weighted by molar-refractivity contribution is -0.152. The summed E-state index contributed by atoms with van der Waals surface area (Å²) < 4.78 is 8.58. The molecule has 11 rings (SSSR count). The molecule has 9 aliphatic rings. The van der Waals surface area contributed by atoms with Gasteiger partial charge in [-0.15, -0.1) is 0 Å². The van der Waals surface area contributed by atoms with Crippen molar-refractivity contribution in [3.05, 3.63) is 53.3 Å². The average Bonchev–Trinajstić information content (AvgIpc) is 3.53. The summed E-state index contributed by atoms with van der Waals surface area (Å²) in [6.45, 7) is 9.37. The molecule has 0 radical (unpaired) electrons. The Bertz CT molecular complexity index is 2060. The number of carboxylic acids is 1. The van der Waals surface area contributed by atoms with Gasteiger partial charge < -0.3 is 35.2 Å². The summed E-state index contributed by atoms with van der Waals surface area (Å²) in [5, 5.41) is 20.9. The first-order valence-electron chi connectivity index (χ1n) is 23.1. The van der Waals surface area contributed by atoms with Crippen molar-refractivity contribution in [2.24, 2.45) is 45.3 Å². The predicted octanol–water partition coefficient (Wildman–Crippen LogP) is 4.04. The number of nitrogens with one attached hydrogen (secondary N) is 2. The van der Waals surface area contributed by atoms with Crippen LogP contribution in [-0.4, -0.2) is 130 Å². The number of hydrogen-bond donors (Lipinski definition) is 3. The van der Waals surface area contributed by atoms with Gasteiger partial charge in [-0.1, -0.05) is 38.5 Å². The van der Waals surface area contributed by atoms with Crippen LogP contribution in [0.1, 0.15) is 111 Å². The van der Waals surface area contributed by atoms with Gasteiger partial charge in [0.1, 0.15) is 6.04 Å². The number of nitrogens with zero attached hydrogens (tertiary/aromatic N) is 5. The Morgan fingerprint density at radius 3 is 2.30 bits per heavy atom. The summed E-state index contributed by atoms with van der Waals surface area (Å²) in [6, 6.07) is 5.77. The number of hydrogen-bond acceptors (Lipinski definition) is 8. The van der Waals surface area contributed by atoms with E-state index in [1.54, 1.807) is 40.0 Å².